The Morgan fingerprint density at radius 2 is 2.20 bits per heavy atom. The number of benzene rings is 1. The molecule has 1 atom stereocenters. The first-order valence-corrected chi connectivity index (χ1v) is 4.38. The number of aromatic hydroxyl groups is 1. The fourth-order valence-electron chi connectivity index (χ4n) is 1.18. The predicted octanol–water partition coefficient (Wildman–Crippen LogP) is 0.794. The highest BCUT2D eigenvalue weighted by Gasteiger charge is 2.14. The van der Waals surface area contributed by atoms with Crippen LogP contribution in [0, 0.1) is 12.7 Å². The molecule has 1 rings (SSSR count). The van der Waals surface area contributed by atoms with Gasteiger partial charge in [-0.15, -0.1) is 0 Å². The van der Waals surface area contributed by atoms with Gasteiger partial charge in [-0.1, -0.05) is 0 Å². The number of rotatable bonds is 3. The largest absolute Gasteiger partial charge is 0.508 e. The van der Waals surface area contributed by atoms with Crippen molar-refractivity contribution in [2.24, 2.45) is 5.73 Å². The molecule has 4 nitrogen and oxygen atoms in total. The third kappa shape index (κ3) is 2.66. The zero-order valence-corrected chi connectivity index (χ0v) is 8.20. The van der Waals surface area contributed by atoms with Gasteiger partial charge in [-0.05, 0) is 31.0 Å². The number of carboxylic acids is 1. The molecule has 0 heterocycles. The Morgan fingerprint density at radius 3 is 2.67 bits per heavy atom. The van der Waals surface area contributed by atoms with Crippen molar-refractivity contribution in [3.05, 3.63) is 29.1 Å². The lowest BCUT2D eigenvalue weighted by Crippen LogP contribution is -2.32. The van der Waals surface area contributed by atoms with Crippen LogP contribution in [-0.4, -0.2) is 22.2 Å². The Hall–Kier alpha value is -1.62. The summed E-state index contributed by atoms with van der Waals surface area (Å²) in [6.07, 6.45) is -0.0138. The lowest BCUT2D eigenvalue weighted by atomic mass is 10.0. The van der Waals surface area contributed by atoms with E-state index < -0.39 is 17.8 Å². The molecule has 82 valence electrons. The maximum atomic E-state index is 13.1. The van der Waals surface area contributed by atoms with E-state index >= 15 is 0 Å². The van der Waals surface area contributed by atoms with Crippen molar-refractivity contribution >= 4 is 5.97 Å². The summed E-state index contributed by atoms with van der Waals surface area (Å²) in [5.41, 5.74) is 5.79. The van der Waals surface area contributed by atoms with Crippen molar-refractivity contribution in [3.8, 4) is 5.75 Å². The van der Waals surface area contributed by atoms with E-state index in [4.69, 9.17) is 10.8 Å². The van der Waals surface area contributed by atoms with Gasteiger partial charge in [-0.2, -0.15) is 0 Å². The van der Waals surface area contributed by atoms with Gasteiger partial charge >= 0.3 is 5.97 Å². The van der Waals surface area contributed by atoms with E-state index in [1.807, 2.05) is 0 Å². The number of halogens is 1. The molecule has 0 aliphatic heterocycles. The number of carbonyl (C=O) groups is 1. The highest BCUT2D eigenvalue weighted by atomic mass is 19.1. The summed E-state index contributed by atoms with van der Waals surface area (Å²) in [4.78, 5) is 10.5. The average Bonchev–Trinajstić information content (AvgIpc) is 2.13. The Morgan fingerprint density at radius 1 is 1.60 bits per heavy atom. The molecule has 15 heavy (non-hydrogen) atoms. The zero-order valence-electron chi connectivity index (χ0n) is 8.20. The first-order chi connectivity index (χ1) is 6.91. The molecule has 0 spiro atoms. The van der Waals surface area contributed by atoms with Gasteiger partial charge in [-0.25, -0.2) is 4.39 Å². The minimum atomic E-state index is -1.16. The van der Waals surface area contributed by atoms with Crippen LogP contribution in [0.2, 0.25) is 0 Å². The van der Waals surface area contributed by atoms with Gasteiger partial charge in [0.1, 0.15) is 17.6 Å². The van der Waals surface area contributed by atoms with Crippen LogP contribution in [0.15, 0.2) is 12.1 Å². The van der Waals surface area contributed by atoms with Crippen molar-refractivity contribution in [1.29, 1.82) is 0 Å². The molecule has 1 unspecified atom stereocenters. The molecule has 0 radical (unpaired) electrons. The van der Waals surface area contributed by atoms with Crippen molar-refractivity contribution in [2.75, 3.05) is 0 Å². The average molecular weight is 213 g/mol. The maximum Gasteiger partial charge on any atom is 0.320 e. The summed E-state index contributed by atoms with van der Waals surface area (Å²) in [5, 5.41) is 17.9. The Balaban J connectivity index is 2.92. The molecular formula is C10H12FNO3. The highest BCUT2D eigenvalue weighted by Crippen LogP contribution is 2.21. The van der Waals surface area contributed by atoms with E-state index in [-0.39, 0.29) is 17.7 Å². The van der Waals surface area contributed by atoms with E-state index in [1.165, 1.54) is 19.1 Å². The molecular weight excluding hydrogens is 201 g/mol. The number of hydrogen-bond donors (Lipinski definition) is 3. The van der Waals surface area contributed by atoms with Crippen molar-refractivity contribution < 1.29 is 19.4 Å². The molecule has 5 heteroatoms. The van der Waals surface area contributed by atoms with Gasteiger partial charge in [0.05, 0.1) is 0 Å². The van der Waals surface area contributed by atoms with Crippen LogP contribution < -0.4 is 5.73 Å². The molecule has 0 fully saturated rings. The molecule has 0 saturated carbocycles. The number of carboxylic acid groups (broad SMARTS) is 1. The van der Waals surface area contributed by atoms with Crippen molar-refractivity contribution in [3.63, 3.8) is 0 Å². The molecule has 1 aromatic rings. The molecule has 4 N–H and O–H groups in total. The van der Waals surface area contributed by atoms with Crippen LogP contribution in [-0.2, 0) is 11.2 Å². The summed E-state index contributed by atoms with van der Waals surface area (Å²) in [6.45, 7) is 1.44. The number of hydrogen-bond acceptors (Lipinski definition) is 3. The first kappa shape index (κ1) is 11.5. The Labute approximate surface area is 86.1 Å². The highest BCUT2D eigenvalue weighted by molar-refractivity contribution is 5.73. The summed E-state index contributed by atoms with van der Waals surface area (Å²) >= 11 is 0. The van der Waals surface area contributed by atoms with Gasteiger partial charge in [0.25, 0.3) is 0 Å². The minimum absolute atomic E-state index is 0.0138. The molecule has 1 aromatic carbocycles. The number of phenolic OH excluding ortho intramolecular Hbond substituents is 1. The van der Waals surface area contributed by atoms with Gasteiger partial charge in [0.2, 0.25) is 0 Å². The fraction of sp³-hybridized carbons (Fsp3) is 0.300. The van der Waals surface area contributed by atoms with E-state index in [1.54, 1.807) is 0 Å². The van der Waals surface area contributed by atoms with Gasteiger partial charge in [0, 0.05) is 5.56 Å². The topological polar surface area (TPSA) is 83.5 Å². The fourth-order valence-corrected chi connectivity index (χ4v) is 1.18. The lowest BCUT2D eigenvalue weighted by Gasteiger charge is -2.08. The Bertz CT molecular complexity index is 369. The number of nitrogens with two attached hydrogens (primary N) is 1. The van der Waals surface area contributed by atoms with Gasteiger partial charge in [-0.3, -0.25) is 4.79 Å². The monoisotopic (exact) mass is 213 g/mol. The van der Waals surface area contributed by atoms with Crippen molar-refractivity contribution in [2.45, 2.75) is 19.4 Å². The minimum Gasteiger partial charge on any atom is -0.508 e. The van der Waals surface area contributed by atoms with Crippen LogP contribution in [0.25, 0.3) is 0 Å². The summed E-state index contributed by atoms with van der Waals surface area (Å²) in [7, 11) is 0. The van der Waals surface area contributed by atoms with E-state index in [0.717, 1.165) is 0 Å². The molecule has 0 amide bonds. The van der Waals surface area contributed by atoms with Gasteiger partial charge < -0.3 is 15.9 Å². The van der Waals surface area contributed by atoms with E-state index in [0.29, 0.717) is 5.56 Å². The third-order valence-corrected chi connectivity index (χ3v) is 2.15. The van der Waals surface area contributed by atoms with Crippen LogP contribution in [0.1, 0.15) is 11.1 Å². The number of phenols is 1. The van der Waals surface area contributed by atoms with Gasteiger partial charge in [0.15, 0.2) is 0 Å². The Kier molecular flexibility index (Phi) is 3.26. The molecule has 0 saturated heterocycles. The molecule has 0 aromatic heterocycles. The zero-order chi connectivity index (χ0) is 11.6. The van der Waals surface area contributed by atoms with Crippen LogP contribution in [0.3, 0.4) is 0 Å². The normalized spacial score (nSPS) is 12.5. The quantitative estimate of drug-likeness (QED) is 0.693. The second-order valence-corrected chi connectivity index (χ2v) is 3.37. The predicted molar refractivity (Wildman–Crippen MR) is 52.1 cm³/mol. The molecule has 0 aliphatic carbocycles. The van der Waals surface area contributed by atoms with E-state index in [9.17, 15) is 14.3 Å². The lowest BCUT2D eigenvalue weighted by molar-refractivity contribution is -0.138. The molecule has 0 aliphatic rings. The summed E-state index contributed by atoms with van der Waals surface area (Å²) < 4.78 is 13.1. The maximum absolute atomic E-state index is 13.1. The van der Waals surface area contributed by atoms with Crippen LogP contribution in [0.4, 0.5) is 4.39 Å². The third-order valence-electron chi connectivity index (χ3n) is 2.15. The second kappa shape index (κ2) is 4.27. The SMILES string of the molecule is Cc1c(O)cc(CC(N)C(=O)O)cc1F. The van der Waals surface area contributed by atoms with Crippen LogP contribution in [0.5, 0.6) is 5.75 Å². The standard InChI is InChI=1S/C10H12FNO3/c1-5-7(11)2-6(4-9(5)13)3-8(12)10(14)15/h2,4,8,13H,3,12H2,1H3,(H,14,15). The van der Waals surface area contributed by atoms with Crippen molar-refractivity contribution in [1.82, 2.24) is 0 Å². The summed E-state index contributed by atoms with van der Waals surface area (Å²) in [6, 6.07) is 1.41. The van der Waals surface area contributed by atoms with Crippen LogP contribution >= 0.6 is 0 Å². The smallest absolute Gasteiger partial charge is 0.320 e. The second-order valence-electron chi connectivity index (χ2n) is 3.37. The first-order valence-electron chi connectivity index (χ1n) is 4.38. The molecule has 0 bridgehead atoms. The van der Waals surface area contributed by atoms with E-state index in [2.05, 4.69) is 0 Å². The summed E-state index contributed by atoms with van der Waals surface area (Å²) in [5.74, 6) is -1.92. The number of aliphatic carboxylic acids is 1.